The molecule has 0 aliphatic heterocycles. The van der Waals surface area contributed by atoms with Crippen molar-refractivity contribution in [1.29, 1.82) is 0 Å². The van der Waals surface area contributed by atoms with E-state index in [-0.39, 0.29) is 0 Å². The van der Waals surface area contributed by atoms with Gasteiger partial charge >= 0.3 is 8.60 Å². The van der Waals surface area contributed by atoms with E-state index in [1.54, 1.807) is 6.92 Å². The molecule has 1 saturated carbocycles. The van der Waals surface area contributed by atoms with Crippen LogP contribution in [0.2, 0.25) is 0 Å². The molecule has 5 N–H and O–H groups in total. The molecule has 0 aromatic heterocycles. The maximum absolute atomic E-state index is 9.24. The standard InChI is InChI=1S/C9H18O2.H3O3P/c1-7(10)9(11)6-5-8-3-2-4-8;1-4(2)3/h7-11H,2-6H2,1H3;1-3H. The summed E-state index contributed by atoms with van der Waals surface area (Å²) in [5.41, 5.74) is 0. The van der Waals surface area contributed by atoms with Gasteiger partial charge in [0.2, 0.25) is 0 Å². The number of rotatable bonds is 4. The molecule has 2 unspecified atom stereocenters. The average Bonchev–Trinajstić information content (AvgIpc) is 1.99. The summed E-state index contributed by atoms with van der Waals surface area (Å²) in [6, 6.07) is 0. The maximum Gasteiger partial charge on any atom is 0.324 e. The number of hydrogen-bond acceptors (Lipinski definition) is 5. The molecule has 1 aliphatic rings. The lowest BCUT2D eigenvalue weighted by molar-refractivity contribution is 0.0199. The van der Waals surface area contributed by atoms with Crippen molar-refractivity contribution in [2.45, 2.75) is 51.2 Å². The molecular weight excluding hydrogens is 219 g/mol. The van der Waals surface area contributed by atoms with Gasteiger partial charge < -0.3 is 24.9 Å². The van der Waals surface area contributed by atoms with E-state index >= 15 is 0 Å². The van der Waals surface area contributed by atoms with Gasteiger partial charge in [0.1, 0.15) is 0 Å². The normalized spacial score (nSPS) is 20.2. The number of aliphatic hydroxyl groups excluding tert-OH is 2. The van der Waals surface area contributed by atoms with Crippen LogP contribution in [0.15, 0.2) is 0 Å². The Kier molecular flexibility index (Phi) is 8.52. The first kappa shape index (κ1) is 15.2. The molecule has 0 bridgehead atoms. The minimum Gasteiger partial charge on any atom is -0.391 e. The Morgan fingerprint density at radius 1 is 1.20 bits per heavy atom. The summed E-state index contributed by atoms with van der Waals surface area (Å²) >= 11 is 0. The molecule has 6 heteroatoms. The predicted octanol–water partition coefficient (Wildman–Crippen LogP) is 0.499. The van der Waals surface area contributed by atoms with Crippen LogP contribution in [0.3, 0.4) is 0 Å². The summed E-state index contributed by atoms with van der Waals surface area (Å²) in [7, 11) is -2.62. The third kappa shape index (κ3) is 9.18. The lowest BCUT2D eigenvalue weighted by atomic mass is 9.81. The van der Waals surface area contributed by atoms with Gasteiger partial charge in [-0.05, 0) is 25.7 Å². The van der Waals surface area contributed by atoms with Gasteiger partial charge in [-0.3, -0.25) is 0 Å². The van der Waals surface area contributed by atoms with Gasteiger partial charge in [-0.15, -0.1) is 0 Å². The highest BCUT2D eigenvalue weighted by atomic mass is 31.2. The lowest BCUT2D eigenvalue weighted by Crippen LogP contribution is -2.24. The van der Waals surface area contributed by atoms with Crippen molar-refractivity contribution < 1.29 is 24.9 Å². The molecule has 5 nitrogen and oxygen atoms in total. The van der Waals surface area contributed by atoms with Crippen molar-refractivity contribution in [3.05, 3.63) is 0 Å². The molecule has 0 spiro atoms. The first-order chi connectivity index (χ1) is 6.93. The van der Waals surface area contributed by atoms with Crippen LogP contribution in [-0.2, 0) is 0 Å². The molecular formula is C9H21O5P. The van der Waals surface area contributed by atoms with Gasteiger partial charge in [0.05, 0.1) is 12.2 Å². The first-order valence-electron chi connectivity index (χ1n) is 5.16. The minimum atomic E-state index is -2.62. The molecule has 1 aliphatic carbocycles. The summed E-state index contributed by atoms with van der Waals surface area (Å²) in [6.07, 6.45) is 4.80. The monoisotopic (exact) mass is 240 g/mol. The quantitative estimate of drug-likeness (QED) is 0.461. The van der Waals surface area contributed by atoms with E-state index in [1.807, 2.05) is 0 Å². The van der Waals surface area contributed by atoms with Crippen LogP contribution in [-0.4, -0.2) is 37.1 Å². The minimum absolute atomic E-state index is 0.504. The van der Waals surface area contributed by atoms with Crippen LogP contribution in [0.1, 0.15) is 39.0 Å². The molecule has 0 radical (unpaired) electrons. The Morgan fingerprint density at radius 2 is 1.67 bits per heavy atom. The van der Waals surface area contributed by atoms with E-state index in [1.165, 1.54) is 19.3 Å². The van der Waals surface area contributed by atoms with Crippen LogP contribution >= 0.6 is 8.60 Å². The SMILES string of the molecule is CC(O)C(O)CCC1CCC1.OP(O)O. The second-order valence-electron chi connectivity index (χ2n) is 3.95. The molecule has 2 atom stereocenters. The fraction of sp³-hybridized carbons (Fsp3) is 1.00. The third-order valence-electron chi connectivity index (χ3n) is 2.65. The summed E-state index contributed by atoms with van der Waals surface area (Å²) in [5, 5.41) is 18.2. The molecule has 92 valence electrons. The van der Waals surface area contributed by atoms with Crippen molar-refractivity contribution in [3.63, 3.8) is 0 Å². The van der Waals surface area contributed by atoms with Gasteiger partial charge in [-0.25, -0.2) is 0 Å². The summed E-state index contributed by atoms with van der Waals surface area (Å²) in [5.74, 6) is 0.836. The highest BCUT2D eigenvalue weighted by Gasteiger charge is 2.19. The van der Waals surface area contributed by atoms with Gasteiger partial charge in [0.25, 0.3) is 0 Å². The van der Waals surface area contributed by atoms with Crippen LogP contribution < -0.4 is 0 Å². The smallest absolute Gasteiger partial charge is 0.324 e. The van der Waals surface area contributed by atoms with E-state index in [0.717, 1.165) is 18.8 Å². The highest BCUT2D eigenvalue weighted by Crippen LogP contribution is 2.30. The highest BCUT2D eigenvalue weighted by molar-refractivity contribution is 7.38. The van der Waals surface area contributed by atoms with Crippen LogP contribution in [0, 0.1) is 5.92 Å². The van der Waals surface area contributed by atoms with Crippen molar-refractivity contribution in [1.82, 2.24) is 0 Å². The predicted molar refractivity (Wildman–Crippen MR) is 57.8 cm³/mol. The van der Waals surface area contributed by atoms with E-state index in [9.17, 15) is 5.11 Å². The molecule has 0 aromatic rings. The van der Waals surface area contributed by atoms with E-state index in [4.69, 9.17) is 19.8 Å². The maximum atomic E-state index is 9.24. The number of aliphatic hydroxyl groups is 2. The Balaban J connectivity index is 0.000000423. The Bertz CT molecular complexity index is 147. The average molecular weight is 240 g/mol. The third-order valence-corrected chi connectivity index (χ3v) is 2.65. The van der Waals surface area contributed by atoms with E-state index < -0.39 is 20.8 Å². The molecule has 15 heavy (non-hydrogen) atoms. The largest absolute Gasteiger partial charge is 0.391 e. The van der Waals surface area contributed by atoms with Gasteiger partial charge in [-0.1, -0.05) is 19.3 Å². The lowest BCUT2D eigenvalue weighted by Gasteiger charge is -2.26. The van der Waals surface area contributed by atoms with Crippen molar-refractivity contribution in [2.24, 2.45) is 5.92 Å². The Morgan fingerprint density at radius 3 is 1.93 bits per heavy atom. The second kappa shape index (κ2) is 8.39. The first-order valence-corrected chi connectivity index (χ1v) is 6.36. The van der Waals surface area contributed by atoms with E-state index in [2.05, 4.69) is 0 Å². The van der Waals surface area contributed by atoms with Crippen LogP contribution in [0.25, 0.3) is 0 Å². The summed E-state index contributed by atoms with van der Waals surface area (Å²) in [6.45, 7) is 1.64. The topological polar surface area (TPSA) is 101 Å². The van der Waals surface area contributed by atoms with Crippen molar-refractivity contribution in [3.8, 4) is 0 Å². The molecule has 0 saturated heterocycles. The fourth-order valence-electron chi connectivity index (χ4n) is 1.43. The van der Waals surface area contributed by atoms with Gasteiger partial charge in [0, 0.05) is 0 Å². The molecule has 1 fully saturated rings. The Hall–Kier alpha value is 0.230. The molecule has 0 aromatic carbocycles. The van der Waals surface area contributed by atoms with Crippen molar-refractivity contribution in [2.75, 3.05) is 0 Å². The molecule has 0 heterocycles. The zero-order valence-electron chi connectivity index (χ0n) is 8.95. The second-order valence-corrected chi connectivity index (χ2v) is 4.49. The van der Waals surface area contributed by atoms with Crippen LogP contribution in [0.4, 0.5) is 0 Å². The summed E-state index contributed by atoms with van der Waals surface area (Å²) < 4.78 is 0. The van der Waals surface area contributed by atoms with Crippen LogP contribution in [0.5, 0.6) is 0 Å². The number of hydrogen-bond donors (Lipinski definition) is 5. The van der Waals surface area contributed by atoms with Crippen molar-refractivity contribution >= 4 is 8.60 Å². The fourth-order valence-corrected chi connectivity index (χ4v) is 1.43. The molecule has 1 rings (SSSR count). The summed E-state index contributed by atoms with van der Waals surface area (Å²) in [4.78, 5) is 21.7. The van der Waals surface area contributed by atoms with Gasteiger partial charge in [0.15, 0.2) is 0 Å². The Labute approximate surface area is 91.4 Å². The molecule has 0 amide bonds. The van der Waals surface area contributed by atoms with Gasteiger partial charge in [-0.2, -0.15) is 0 Å². The van der Waals surface area contributed by atoms with E-state index in [0.29, 0.717) is 0 Å². The zero-order chi connectivity index (χ0) is 11.8. The zero-order valence-corrected chi connectivity index (χ0v) is 9.85.